The molecule has 5 heteroatoms. The van der Waals surface area contributed by atoms with Gasteiger partial charge >= 0.3 is 0 Å². The lowest BCUT2D eigenvalue weighted by Gasteiger charge is -2.42. The standard InChI is InChI=1S/C30H16BNO2S/c1-2-8-17(9-3-1)32-20-11-6-13-22-26(20)31-27-21(32)12-7-14-23(27)34-29-28(31)24(33-22)16-19-18-10-4-5-15-25(18)35-30(19)29/h1-16H. The summed E-state index contributed by atoms with van der Waals surface area (Å²) in [6.07, 6.45) is 0. The molecule has 35 heavy (non-hydrogen) atoms. The molecule has 0 fully saturated rings. The maximum atomic E-state index is 6.78. The first kappa shape index (κ1) is 18.2. The predicted octanol–water partition coefficient (Wildman–Crippen LogP) is 6.57. The van der Waals surface area contributed by atoms with Crippen molar-refractivity contribution >= 4 is 71.7 Å². The maximum absolute atomic E-state index is 6.78. The summed E-state index contributed by atoms with van der Waals surface area (Å²) in [5.41, 5.74) is 7.04. The van der Waals surface area contributed by atoms with Crippen LogP contribution in [-0.2, 0) is 0 Å². The van der Waals surface area contributed by atoms with Gasteiger partial charge in [-0.05, 0) is 59.5 Å². The Morgan fingerprint density at radius 3 is 2.11 bits per heavy atom. The van der Waals surface area contributed by atoms with Crippen molar-refractivity contribution in [2.75, 3.05) is 4.90 Å². The lowest BCUT2D eigenvalue weighted by atomic mass is 9.33. The number of ether oxygens (including phenoxy) is 2. The Bertz CT molecular complexity index is 1860. The van der Waals surface area contributed by atoms with Gasteiger partial charge in [-0.15, -0.1) is 11.3 Å². The predicted molar refractivity (Wildman–Crippen MR) is 145 cm³/mol. The second kappa shape index (κ2) is 6.26. The minimum atomic E-state index is 0.0782. The first-order chi connectivity index (χ1) is 17.4. The number of anilines is 3. The molecule has 1 aromatic heterocycles. The van der Waals surface area contributed by atoms with Crippen LogP contribution >= 0.6 is 11.3 Å². The molecule has 0 spiro atoms. The fourth-order valence-corrected chi connectivity index (χ4v) is 7.32. The molecule has 0 aliphatic carbocycles. The van der Waals surface area contributed by atoms with E-state index in [1.165, 1.54) is 42.5 Å². The van der Waals surface area contributed by atoms with Crippen LogP contribution in [0.3, 0.4) is 0 Å². The molecule has 5 aromatic carbocycles. The summed E-state index contributed by atoms with van der Waals surface area (Å²) >= 11 is 1.80. The van der Waals surface area contributed by atoms with Crippen LogP contribution in [0.15, 0.2) is 97.1 Å². The van der Waals surface area contributed by atoms with Gasteiger partial charge in [0.15, 0.2) is 0 Å². The summed E-state index contributed by atoms with van der Waals surface area (Å²) in [4.78, 5) is 2.34. The highest BCUT2D eigenvalue weighted by molar-refractivity contribution is 7.26. The van der Waals surface area contributed by atoms with Crippen LogP contribution < -0.4 is 30.8 Å². The molecule has 0 saturated heterocycles. The summed E-state index contributed by atoms with van der Waals surface area (Å²) in [5.74, 6) is 3.70. The number of fused-ring (bicyclic) bond motifs is 4. The van der Waals surface area contributed by atoms with Gasteiger partial charge < -0.3 is 14.4 Å². The molecule has 162 valence electrons. The second-order valence-electron chi connectivity index (χ2n) is 9.28. The highest BCUT2D eigenvalue weighted by Crippen LogP contribution is 2.49. The van der Waals surface area contributed by atoms with Crippen molar-refractivity contribution in [1.82, 2.24) is 0 Å². The van der Waals surface area contributed by atoms with Crippen molar-refractivity contribution in [3.05, 3.63) is 97.1 Å². The van der Waals surface area contributed by atoms with E-state index in [-0.39, 0.29) is 6.71 Å². The van der Waals surface area contributed by atoms with E-state index in [0.717, 1.165) is 34.1 Å². The van der Waals surface area contributed by atoms with Gasteiger partial charge in [0.25, 0.3) is 6.71 Å². The molecule has 3 aliphatic heterocycles. The van der Waals surface area contributed by atoms with E-state index in [4.69, 9.17) is 9.47 Å². The topological polar surface area (TPSA) is 21.7 Å². The minimum Gasteiger partial charge on any atom is -0.458 e. The van der Waals surface area contributed by atoms with Gasteiger partial charge in [-0.2, -0.15) is 0 Å². The van der Waals surface area contributed by atoms with Crippen LogP contribution in [0.1, 0.15) is 0 Å². The van der Waals surface area contributed by atoms with Crippen LogP contribution in [0.4, 0.5) is 17.1 Å². The molecule has 3 nitrogen and oxygen atoms in total. The van der Waals surface area contributed by atoms with Gasteiger partial charge in [-0.3, -0.25) is 0 Å². The molecule has 0 amide bonds. The fourth-order valence-electron chi connectivity index (χ4n) is 6.14. The third-order valence-corrected chi connectivity index (χ3v) is 8.69. The van der Waals surface area contributed by atoms with Gasteiger partial charge in [0.1, 0.15) is 23.0 Å². The van der Waals surface area contributed by atoms with Crippen molar-refractivity contribution in [3.8, 4) is 23.0 Å². The van der Waals surface area contributed by atoms with E-state index in [1.807, 2.05) is 0 Å². The molecule has 9 rings (SSSR count). The minimum absolute atomic E-state index is 0.0782. The Labute approximate surface area is 205 Å². The Morgan fingerprint density at radius 2 is 1.31 bits per heavy atom. The van der Waals surface area contributed by atoms with E-state index in [1.54, 1.807) is 11.3 Å². The average Bonchev–Trinajstić information content (AvgIpc) is 3.28. The number of thiophene rings is 1. The van der Waals surface area contributed by atoms with Crippen molar-refractivity contribution < 1.29 is 9.47 Å². The lowest BCUT2D eigenvalue weighted by molar-refractivity contribution is 0.469. The summed E-state index contributed by atoms with van der Waals surface area (Å²) in [5, 5.41) is 2.44. The highest BCUT2D eigenvalue weighted by atomic mass is 32.1. The fraction of sp³-hybridized carbons (Fsp3) is 0. The largest absolute Gasteiger partial charge is 0.458 e. The van der Waals surface area contributed by atoms with Crippen LogP contribution in [0.5, 0.6) is 23.0 Å². The first-order valence-electron chi connectivity index (χ1n) is 11.8. The van der Waals surface area contributed by atoms with E-state index in [0.29, 0.717) is 0 Å². The van der Waals surface area contributed by atoms with Crippen molar-refractivity contribution in [2.45, 2.75) is 0 Å². The molecular weight excluding hydrogens is 449 g/mol. The third-order valence-electron chi connectivity index (χ3n) is 7.51. The van der Waals surface area contributed by atoms with Gasteiger partial charge in [0.05, 0.1) is 4.70 Å². The zero-order valence-electron chi connectivity index (χ0n) is 18.5. The van der Waals surface area contributed by atoms with Crippen LogP contribution in [0.25, 0.3) is 20.2 Å². The van der Waals surface area contributed by atoms with Crippen LogP contribution in [0.2, 0.25) is 0 Å². The molecule has 0 saturated carbocycles. The Morgan fingerprint density at radius 1 is 0.600 bits per heavy atom. The van der Waals surface area contributed by atoms with E-state index < -0.39 is 0 Å². The first-order valence-corrected chi connectivity index (χ1v) is 12.6. The molecule has 0 atom stereocenters. The van der Waals surface area contributed by atoms with Crippen molar-refractivity contribution in [1.29, 1.82) is 0 Å². The summed E-state index contributed by atoms with van der Waals surface area (Å²) < 4.78 is 15.9. The highest BCUT2D eigenvalue weighted by Gasteiger charge is 2.48. The molecule has 4 heterocycles. The number of benzene rings is 5. The van der Waals surface area contributed by atoms with Crippen LogP contribution in [-0.4, -0.2) is 6.71 Å². The molecule has 6 aromatic rings. The molecule has 3 aliphatic rings. The Kier molecular flexibility index (Phi) is 3.25. The number of nitrogens with zero attached hydrogens (tertiary/aromatic N) is 1. The summed E-state index contributed by atoms with van der Waals surface area (Å²) in [6, 6.07) is 34.2. The molecule has 0 bridgehead atoms. The molecular formula is C30H16BNO2S. The van der Waals surface area contributed by atoms with Gasteiger partial charge in [0.2, 0.25) is 0 Å². The Balaban J connectivity index is 1.42. The smallest absolute Gasteiger partial charge is 0.266 e. The SMILES string of the molecule is c1ccc(N2c3cccc4c3B3c5c(cccc52)Oc2c3c(cc3c2sc2ccccc23)O4)cc1. The second-order valence-corrected chi connectivity index (χ2v) is 10.3. The molecule has 0 radical (unpaired) electrons. The summed E-state index contributed by atoms with van der Waals surface area (Å²) in [7, 11) is 0. The zero-order valence-corrected chi connectivity index (χ0v) is 19.3. The van der Waals surface area contributed by atoms with Crippen molar-refractivity contribution in [2.24, 2.45) is 0 Å². The van der Waals surface area contributed by atoms with E-state index in [9.17, 15) is 0 Å². The van der Waals surface area contributed by atoms with Crippen LogP contribution in [0, 0.1) is 0 Å². The quantitative estimate of drug-likeness (QED) is 0.256. The maximum Gasteiger partial charge on any atom is 0.266 e. The lowest BCUT2D eigenvalue weighted by Crippen LogP contribution is -2.61. The van der Waals surface area contributed by atoms with Gasteiger partial charge in [-0.1, -0.05) is 48.5 Å². The average molecular weight is 465 g/mol. The molecule has 0 unspecified atom stereocenters. The monoisotopic (exact) mass is 465 g/mol. The van der Waals surface area contributed by atoms with Gasteiger partial charge in [-0.25, -0.2) is 0 Å². The normalized spacial score (nSPS) is 14.1. The number of para-hydroxylation sites is 1. The summed E-state index contributed by atoms with van der Waals surface area (Å²) in [6.45, 7) is 0.0782. The number of hydrogen-bond donors (Lipinski definition) is 0. The number of hydrogen-bond acceptors (Lipinski definition) is 4. The number of rotatable bonds is 1. The Hall–Kier alpha value is -4.22. The van der Waals surface area contributed by atoms with Gasteiger partial charge in [0, 0.05) is 38.0 Å². The zero-order chi connectivity index (χ0) is 22.7. The van der Waals surface area contributed by atoms with Crippen molar-refractivity contribution in [3.63, 3.8) is 0 Å². The van der Waals surface area contributed by atoms with E-state index in [2.05, 4.69) is 102 Å². The van der Waals surface area contributed by atoms with E-state index >= 15 is 0 Å². The molecule has 0 N–H and O–H groups in total. The third kappa shape index (κ3) is 2.18.